The second-order valence-electron chi connectivity index (χ2n) is 7.78. The van der Waals surface area contributed by atoms with Crippen LogP contribution in [0.3, 0.4) is 0 Å². The molecule has 3 rings (SSSR count). The van der Waals surface area contributed by atoms with Gasteiger partial charge in [-0.25, -0.2) is 0 Å². The lowest BCUT2D eigenvalue weighted by Crippen LogP contribution is -2.47. The van der Waals surface area contributed by atoms with Crippen molar-refractivity contribution in [1.29, 1.82) is 5.26 Å². The summed E-state index contributed by atoms with van der Waals surface area (Å²) in [4.78, 5) is 2.60. The van der Waals surface area contributed by atoms with Crippen LogP contribution < -0.4 is 0 Å². The van der Waals surface area contributed by atoms with Gasteiger partial charge in [0.05, 0.1) is 6.07 Å². The van der Waals surface area contributed by atoms with Crippen molar-refractivity contribution in [3.63, 3.8) is 0 Å². The van der Waals surface area contributed by atoms with Crippen molar-refractivity contribution >= 4 is 0 Å². The molecule has 1 aliphatic heterocycles. The predicted molar refractivity (Wildman–Crippen MR) is 103 cm³/mol. The van der Waals surface area contributed by atoms with Crippen molar-refractivity contribution in [3.8, 4) is 17.3 Å². The number of aromatic amines is 1. The van der Waals surface area contributed by atoms with E-state index >= 15 is 0 Å². The maximum Gasteiger partial charge on any atom is 0.112 e. The number of aromatic nitrogens is 3. The number of hydrogen-bond donors (Lipinski definition) is 1. The van der Waals surface area contributed by atoms with Gasteiger partial charge in [-0.1, -0.05) is 43.7 Å². The van der Waals surface area contributed by atoms with Crippen LogP contribution >= 0.6 is 0 Å². The molecular weight excluding hydrogens is 322 g/mol. The van der Waals surface area contributed by atoms with Gasteiger partial charge in [-0.2, -0.15) is 5.26 Å². The molecule has 0 bridgehead atoms. The first-order valence-electron chi connectivity index (χ1n) is 9.70. The van der Waals surface area contributed by atoms with Gasteiger partial charge in [-0.15, -0.1) is 5.10 Å². The molecule has 0 spiro atoms. The first-order valence-corrected chi connectivity index (χ1v) is 9.70. The number of nitrogens with one attached hydrogen (secondary N) is 1. The highest BCUT2D eigenvalue weighted by molar-refractivity contribution is 5.59. The van der Waals surface area contributed by atoms with Gasteiger partial charge < -0.3 is 4.90 Å². The molecule has 1 fully saturated rings. The van der Waals surface area contributed by atoms with Crippen molar-refractivity contribution < 1.29 is 0 Å². The Hall–Kier alpha value is -2.19. The fourth-order valence-electron chi connectivity index (χ4n) is 4.04. The molecule has 1 aliphatic rings. The van der Waals surface area contributed by atoms with Crippen molar-refractivity contribution in [3.05, 3.63) is 36.0 Å². The highest BCUT2D eigenvalue weighted by atomic mass is 15.3. The topological polar surface area (TPSA) is 68.6 Å². The molecule has 0 radical (unpaired) electrons. The molecule has 138 valence electrons. The molecular formula is C21H29N5. The molecule has 0 saturated carbocycles. The summed E-state index contributed by atoms with van der Waals surface area (Å²) in [5.74, 6) is 0.600. The highest BCUT2D eigenvalue weighted by Crippen LogP contribution is 2.40. The Morgan fingerprint density at radius 2 is 2.23 bits per heavy atom. The Morgan fingerprint density at radius 1 is 1.35 bits per heavy atom. The maximum absolute atomic E-state index is 8.63. The number of rotatable bonds is 7. The van der Waals surface area contributed by atoms with Crippen LogP contribution in [0.25, 0.3) is 11.3 Å². The Morgan fingerprint density at radius 3 is 2.96 bits per heavy atom. The van der Waals surface area contributed by atoms with Crippen molar-refractivity contribution in [2.75, 3.05) is 19.6 Å². The Balaban J connectivity index is 1.63. The molecule has 5 nitrogen and oxygen atoms in total. The van der Waals surface area contributed by atoms with Gasteiger partial charge in [0.25, 0.3) is 0 Å². The number of likely N-dealkylation sites (tertiary alicyclic amines) is 1. The monoisotopic (exact) mass is 351 g/mol. The molecule has 0 amide bonds. The van der Waals surface area contributed by atoms with E-state index in [0.717, 1.165) is 43.7 Å². The van der Waals surface area contributed by atoms with Crippen LogP contribution in [0.15, 0.2) is 30.5 Å². The minimum absolute atomic E-state index is 0.192. The summed E-state index contributed by atoms with van der Waals surface area (Å²) in [6.07, 6.45) is 7.11. The van der Waals surface area contributed by atoms with E-state index in [-0.39, 0.29) is 5.41 Å². The van der Waals surface area contributed by atoms with E-state index in [2.05, 4.69) is 64.5 Å². The zero-order valence-corrected chi connectivity index (χ0v) is 15.9. The molecule has 2 heterocycles. The summed E-state index contributed by atoms with van der Waals surface area (Å²) in [6.45, 7) is 8.23. The number of piperidine rings is 1. The number of benzene rings is 1. The van der Waals surface area contributed by atoms with Gasteiger partial charge >= 0.3 is 0 Å². The summed E-state index contributed by atoms with van der Waals surface area (Å²) < 4.78 is 0. The standard InChI is InChI=1S/C21H29N5/c1-17-16-26(12-6-4-3-5-11-22)13-10-21(17,2)19-9-7-8-18(14-19)20-15-23-25-24-20/h7-9,14-15,17H,3-6,10,12-13,16H2,1-2H3,(H,23,24,25). The van der Waals surface area contributed by atoms with Crippen LogP contribution in [0.2, 0.25) is 0 Å². The molecule has 1 saturated heterocycles. The molecule has 2 atom stereocenters. The maximum atomic E-state index is 8.63. The quantitative estimate of drug-likeness (QED) is 0.761. The summed E-state index contributed by atoms with van der Waals surface area (Å²) in [5, 5.41) is 19.4. The average molecular weight is 351 g/mol. The van der Waals surface area contributed by atoms with Gasteiger partial charge in [0.15, 0.2) is 0 Å². The van der Waals surface area contributed by atoms with Crippen LogP contribution in [-0.4, -0.2) is 39.9 Å². The zero-order chi connectivity index (χ0) is 18.4. The predicted octanol–water partition coefficient (Wildman–Crippen LogP) is 4.16. The fourth-order valence-corrected chi connectivity index (χ4v) is 4.04. The minimum atomic E-state index is 0.192. The van der Waals surface area contributed by atoms with Crippen LogP contribution in [-0.2, 0) is 5.41 Å². The summed E-state index contributed by atoms with van der Waals surface area (Å²) in [7, 11) is 0. The molecule has 1 aromatic carbocycles. The Bertz CT molecular complexity index is 733. The van der Waals surface area contributed by atoms with Crippen molar-refractivity contribution in [1.82, 2.24) is 20.3 Å². The number of unbranched alkanes of at least 4 members (excludes halogenated alkanes) is 3. The average Bonchev–Trinajstić information content (AvgIpc) is 3.19. The second-order valence-corrected chi connectivity index (χ2v) is 7.78. The van der Waals surface area contributed by atoms with Gasteiger partial charge in [-0.05, 0) is 55.3 Å². The molecule has 0 aliphatic carbocycles. The van der Waals surface area contributed by atoms with Gasteiger partial charge in [0.1, 0.15) is 5.69 Å². The Labute approximate surface area is 156 Å². The van der Waals surface area contributed by atoms with E-state index in [4.69, 9.17) is 5.26 Å². The number of nitriles is 1. The van der Waals surface area contributed by atoms with E-state index in [1.807, 2.05) is 6.20 Å². The normalized spacial score (nSPS) is 23.7. The lowest BCUT2D eigenvalue weighted by molar-refractivity contribution is 0.109. The fraction of sp³-hybridized carbons (Fsp3) is 0.571. The van der Waals surface area contributed by atoms with Gasteiger partial charge in [-0.3, -0.25) is 5.10 Å². The van der Waals surface area contributed by atoms with Gasteiger partial charge in [0, 0.05) is 24.7 Å². The van der Waals surface area contributed by atoms with E-state index in [1.165, 1.54) is 18.4 Å². The SMILES string of the molecule is CC1CN(CCCCCC#N)CCC1(C)c1cccc(-c2c[nH]nn2)c1. The largest absolute Gasteiger partial charge is 0.303 e. The van der Waals surface area contributed by atoms with Gasteiger partial charge in [0.2, 0.25) is 0 Å². The third-order valence-electron chi connectivity index (χ3n) is 6.06. The lowest BCUT2D eigenvalue weighted by atomic mass is 9.67. The lowest BCUT2D eigenvalue weighted by Gasteiger charge is -2.45. The molecule has 1 aromatic heterocycles. The molecule has 2 aromatic rings. The molecule has 2 unspecified atom stereocenters. The second kappa shape index (κ2) is 8.46. The van der Waals surface area contributed by atoms with Crippen molar-refractivity contribution in [2.24, 2.45) is 5.92 Å². The smallest absolute Gasteiger partial charge is 0.112 e. The summed E-state index contributed by atoms with van der Waals surface area (Å²) in [5.41, 5.74) is 3.62. The van der Waals surface area contributed by atoms with Crippen LogP contribution in [0.1, 0.15) is 51.5 Å². The minimum Gasteiger partial charge on any atom is -0.303 e. The first-order chi connectivity index (χ1) is 12.6. The third-order valence-corrected chi connectivity index (χ3v) is 6.06. The molecule has 5 heteroatoms. The zero-order valence-electron chi connectivity index (χ0n) is 15.9. The number of hydrogen-bond acceptors (Lipinski definition) is 4. The van der Waals surface area contributed by atoms with E-state index < -0.39 is 0 Å². The first kappa shape index (κ1) is 18.6. The van der Waals surface area contributed by atoms with Crippen LogP contribution in [0, 0.1) is 17.2 Å². The molecule has 1 N–H and O–H groups in total. The molecule has 26 heavy (non-hydrogen) atoms. The highest BCUT2D eigenvalue weighted by Gasteiger charge is 2.37. The summed E-state index contributed by atoms with van der Waals surface area (Å²) >= 11 is 0. The van der Waals surface area contributed by atoms with Crippen molar-refractivity contribution in [2.45, 2.75) is 51.4 Å². The summed E-state index contributed by atoms with van der Waals surface area (Å²) in [6, 6.07) is 11.0. The van der Waals surface area contributed by atoms with E-state index in [9.17, 15) is 0 Å². The van der Waals surface area contributed by atoms with E-state index in [0.29, 0.717) is 12.3 Å². The third kappa shape index (κ3) is 4.13. The number of nitrogens with zero attached hydrogens (tertiary/aromatic N) is 4. The number of H-pyrrole nitrogens is 1. The Kier molecular flexibility index (Phi) is 6.05. The van der Waals surface area contributed by atoms with Crippen LogP contribution in [0.4, 0.5) is 0 Å². The van der Waals surface area contributed by atoms with E-state index in [1.54, 1.807) is 0 Å². The van der Waals surface area contributed by atoms with Crippen LogP contribution in [0.5, 0.6) is 0 Å².